The highest BCUT2D eigenvalue weighted by molar-refractivity contribution is 8.01. The summed E-state index contributed by atoms with van der Waals surface area (Å²) in [6.07, 6.45) is 3.32. The van der Waals surface area contributed by atoms with Crippen molar-refractivity contribution in [2.45, 2.75) is 25.5 Å². The minimum absolute atomic E-state index is 0.0166. The molecule has 0 aliphatic rings. The van der Waals surface area contributed by atoms with E-state index in [1.807, 2.05) is 6.07 Å². The van der Waals surface area contributed by atoms with Gasteiger partial charge in [-0.2, -0.15) is 0 Å². The van der Waals surface area contributed by atoms with E-state index in [1.165, 1.54) is 0 Å². The lowest BCUT2D eigenvalue weighted by molar-refractivity contribution is -0.113. The van der Waals surface area contributed by atoms with E-state index in [2.05, 4.69) is 31.1 Å². The first-order valence-corrected chi connectivity index (χ1v) is 5.80. The molecular weight excluding hydrogens is 208 g/mol. The Labute approximate surface area is 94.7 Å². The summed E-state index contributed by atoms with van der Waals surface area (Å²) in [5.41, 5.74) is 0.747. The van der Waals surface area contributed by atoms with Gasteiger partial charge >= 0.3 is 0 Å². The lowest BCUT2D eigenvalue weighted by Crippen LogP contribution is -2.18. The summed E-state index contributed by atoms with van der Waals surface area (Å²) in [6, 6.07) is 3.62. The van der Waals surface area contributed by atoms with Crippen LogP contribution in [0.15, 0.2) is 24.5 Å². The van der Waals surface area contributed by atoms with E-state index in [1.54, 1.807) is 30.2 Å². The molecule has 4 heteroatoms. The third-order valence-electron chi connectivity index (χ3n) is 1.58. The van der Waals surface area contributed by atoms with Gasteiger partial charge in [-0.3, -0.25) is 9.78 Å². The second-order valence-electron chi connectivity index (χ2n) is 4.19. The molecule has 0 fully saturated rings. The monoisotopic (exact) mass is 224 g/mol. The molecule has 1 aromatic heterocycles. The predicted octanol–water partition coefficient (Wildman–Crippen LogP) is 2.55. The summed E-state index contributed by atoms with van der Waals surface area (Å²) in [6.45, 7) is 6.28. The molecule has 1 aromatic rings. The fourth-order valence-electron chi connectivity index (χ4n) is 0.916. The van der Waals surface area contributed by atoms with Gasteiger partial charge < -0.3 is 5.32 Å². The Kier molecular flexibility index (Phi) is 4.15. The Morgan fingerprint density at radius 1 is 1.53 bits per heavy atom. The zero-order valence-electron chi connectivity index (χ0n) is 9.28. The van der Waals surface area contributed by atoms with Crippen LogP contribution >= 0.6 is 11.8 Å². The maximum atomic E-state index is 11.5. The number of hydrogen-bond acceptors (Lipinski definition) is 3. The molecule has 82 valence electrons. The second-order valence-corrected chi connectivity index (χ2v) is 5.99. The molecule has 1 N–H and O–H groups in total. The average Bonchev–Trinajstić information content (AvgIpc) is 2.15. The van der Waals surface area contributed by atoms with Crippen LogP contribution in [0.4, 0.5) is 5.69 Å². The van der Waals surface area contributed by atoms with Crippen molar-refractivity contribution in [2.75, 3.05) is 11.1 Å². The van der Waals surface area contributed by atoms with Crippen LogP contribution < -0.4 is 5.32 Å². The van der Waals surface area contributed by atoms with Crippen molar-refractivity contribution in [3.05, 3.63) is 24.5 Å². The highest BCUT2D eigenvalue weighted by atomic mass is 32.2. The van der Waals surface area contributed by atoms with Gasteiger partial charge in [-0.05, 0) is 12.1 Å². The average molecular weight is 224 g/mol. The fourth-order valence-corrected chi connectivity index (χ4v) is 1.55. The highest BCUT2D eigenvalue weighted by Gasteiger charge is 2.13. The van der Waals surface area contributed by atoms with Gasteiger partial charge in [0.05, 0.1) is 17.6 Å². The van der Waals surface area contributed by atoms with Gasteiger partial charge in [-0.15, -0.1) is 11.8 Å². The summed E-state index contributed by atoms with van der Waals surface area (Å²) in [7, 11) is 0. The number of pyridine rings is 1. The molecule has 0 aromatic carbocycles. The number of nitrogens with zero attached hydrogens (tertiary/aromatic N) is 1. The lowest BCUT2D eigenvalue weighted by Gasteiger charge is -2.16. The topological polar surface area (TPSA) is 42.0 Å². The quantitative estimate of drug-likeness (QED) is 0.858. The molecule has 0 aliphatic heterocycles. The Morgan fingerprint density at radius 2 is 2.27 bits per heavy atom. The van der Waals surface area contributed by atoms with Crippen molar-refractivity contribution >= 4 is 23.4 Å². The molecule has 1 heterocycles. The fraction of sp³-hybridized carbons (Fsp3) is 0.455. The van der Waals surface area contributed by atoms with Crippen LogP contribution in [0.25, 0.3) is 0 Å². The molecule has 0 saturated heterocycles. The molecule has 1 rings (SSSR count). The molecule has 0 atom stereocenters. The van der Waals surface area contributed by atoms with Gasteiger partial charge in [0.1, 0.15) is 0 Å². The number of hydrogen-bond donors (Lipinski definition) is 1. The Morgan fingerprint density at radius 3 is 2.80 bits per heavy atom. The van der Waals surface area contributed by atoms with Gasteiger partial charge in [0, 0.05) is 10.9 Å². The van der Waals surface area contributed by atoms with Crippen molar-refractivity contribution in [3.63, 3.8) is 0 Å². The third-order valence-corrected chi connectivity index (χ3v) is 2.85. The van der Waals surface area contributed by atoms with Crippen LogP contribution in [0.1, 0.15) is 20.8 Å². The standard InChI is InChI=1S/C11H16N2OS/c1-11(2,3)15-8-10(14)13-9-5-4-6-12-7-9/h4-7H,8H2,1-3H3,(H,13,14). The SMILES string of the molecule is CC(C)(C)SCC(=O)Nc1cccnc1. The van der Waals surface area contributed by atoms with Gasteiger partial charge in [0.2, 0.25) is 5.91 Å². The van der Waals surface area contributed by atoms with Crippen LogP contribution in [-0.4, -0.2) is 21.4 Å². The molecule has 0 radical (unpaired) electrons. The number of carbonyl (C=O) groups excluding carboxylic acids is 1. The molecule has 1 amide bonds. The number of anilines is 1. The molecule has 0 saturated carbocycles. The molecule has 3 nitrogen and oxygen atoms in total. The first-order chi connectivity index (χ1) is 6.97. The second kappa shape index (κ2) is 5.16. The number of amides is 1. The van der Waals surface area contributed by atoms with Crippen molar-refractivity contribution < 1.29 is 4.79 Å². The molecule has 0 unspecified atom stereocenters. The molecular formula is C11H16N2OS. The summed E-state index contributed by atoms with van der Waals surface area (Å²) in [5.74, 6) is 0.487. The third kappa shape index (κ3) is 5.42. The summed E-state index contributed by atoms with van der Waals surface area (Å²) < 4.78 is 0.117. The molecule has 0 spiro atoms. The first kappa shape index (κ1) is 12.0. The minimum Gasteiger partial charge on any atom is -0.324 e. The van der Waals surface area contributed by atoms with E-state index in [0.29, 0.717) is 5.75 Å². The van der Waals surface area contributed by atoms with Gasteiger partial charge in [-0.1, -0.05) is 20.8 Å². The van der Waals surface area contributed by atoms with Crippen molar-refractivity contribution in [1.29, 1.82) is 0 Å². The van der Waals surface area contributed by atoms with Crippen LogP contribution in [-0.2, 0) is 4.79 Å². The molecule has 0 bridgehead atoms. The van der Waals surface area contributed by atoms with Crippen molar-refractivity contribution in [1.82, 2.24) is 4.98 Å². The van der Waals surface area contributed by atoms with E-state index in [4.69, 9.17) is 0 Å². The Hall–Kier alpha value is -1.03. The number of aromatic nitrogens is 1. The Bertz CT molecular complexity index is 319. The minimum atomic E-state index is 0.0166. The number of nitrogens with one attached hydrogen (secondary N) is 1. The van der Waals surface area contributed by atoms with Gasteiger partial charge in [0.15, 0.2) is 0 Å². The number of carbonyl (C=O) groups is 1. The maximum absolute atomic E-state index is 11.5. The Balaban J connectivity index is 2.38. The van der Waals surface area contributed by atoms with Crippen LogP contribution in [0.5, 0.6) is 0 Å². The smallest absolute Gasteiger partial charge is 0.234 e. The first-order valence-electron chi connectivity index (χ1n) is 4.81. The maximum Gasteiger partial charge on any atom is 0.234 e. The van der Waals surface area contributed by atoms with E-state index in [0.717, 1.165) is 5.69 Å². The summed E-state index contributed by atoms with van der Waals surface area (Å²) >= 11 is 1.63. The number of rotatable bonds is 3. The molecule has 0 aliphatic carbocycles. The highest BCUT2D eigenvalue weighted by Crippen LogP contribution is 2.22. The van der Waals surface area contributed by atoms with Gasteiger partial charge in [-0.25, -0.2) is 0 Å². The zero-order chi connectivity index (χ0) is 11.3. The van der Waals surface area contributed by atoms with E-state index in [-0.39, 0.29) is 10.7 Å². The van der Waals surface area contributed by atoms with E-state index >= 15 is 0 Å². The summed E-state index contributed by atoms with van der Waals surface area (Å²) in [5, 5.41) is 2.79. The van der Waals surface area contributed by atoms with Crippen LogP contribution in [0.2, 0.25) is 0 Å². The predicted molar refractivity (Wildman–Crippen MR) is 65.1 cm³/mol. The van der Waals surface area contributed by atoms with Gasteiger partial charge in [0.25, 0.3) is 0 Å². The van der Waals surface area contributed by atoms with Crippen molar-refractivity contribution in [2.24, 2.45) is 0 Å². The summed E-state index contributed by atoms with van der Waals surface area (Å²) in [4.78, 5) is 15.4. The molecule has 15 heavy (non-hydrogen) atoms. The van der Waals surface area contributed by atoms with Crippen LogP contribution in [0.3, 0.4) is 0 Å². The largest absolute Gasteiger partial charge is 0.324 e. The van der Waals surface area contributed by atoms with Crippen LogP contribution in [0, 0.1) is 0 Å². The normalized spacial score (nSPS) is 11.1. The zero-order valence-corrected chi connectivity index (χ0v) is 10.1. The van der Waals surface area contributed by atoms with E-state index < -0.39 is 0 Å². The van der Waals surface area contributed by atoms with Crippen molar-refractivity contribution in [3.8, 4) is 0 Å². The van der Waals surface area contributed by atoms with E-state index in [9.17, 15) is 4.79 Å². The lowest BCUT2D eigenvalue weighted by atomic mass is 10.3. The number of thioether (sulfide) groups is 1.